The Morgan fingerprint density at radius 2 is 2.05 bits per heavy atom. The largest absolute Gasteiger partial charge is 0.465 e. The van der Waals surface area contributed by atoms with Crippen molar-refractivity contribution in [1.29, 1.82) is 0 Å². The fourth-order valence-corrected chi connectivity index (χ4v) is 2.77. The molecular formula is C17H24N2O3. The van der Waals surface area contributed by atoms with Crippen molar-refractivity contribution in [1.82, 2.24) is 10.2 Å². The van der Waals surface area contributed by atoms with Gasteiger partial charge in [0.2, 0.25) is 5.91 Å². The van der Waals surface area contributed by atoms with Gasteiger partial charge in [-0.05, 0) is 43.0 Å². The smallest absolute Gasteiger partial charge is 0.337 e. The summed E-state index contributed by atoms with van der Waals surface area (Å²) in [6, 6.07) is 7.07. The summed E-state index contributed by atoms with van der Waals surface area (Å²) in [7, 11) is 1.36. The van der Waals surface area contributed by atoms with E-state index >= 15 is 0 Å². The molecule has 0 aliphatic carbocycles. The Morgan fingerprint density at radius 1 is 1.32 bits per heavy atom. The number of rotatable bonds is 5. The molecule has 0 unspecified atom stereocenters. The van der Waals surface area contributed by atoms with Crippen molar-refractivity contribution in [2.24, 2.45) is 5.92 Å². The molecule has 5 nitrogen and oxygen atoms in total. The summed E-state index contributed by atoms with van der Waals surface area (Å²) in [4.78, 5) is 25.5. The molecule has 1 N–H and O–H groups in total. The van der Waals surface area contributed by atoms with Crippen LogP contribution in [0.25, 0.3) is 0 Å². The molecule has 1 aromatic carbocycles. The van der Waals surface area contributed by atoms with E-state index in [1.165, 1.54) is 20.0 Å². The van der Waals surface area contributed by atoms with E-state index < -0.39 is 0 Å². The fourth-order valence-electron chi connectivity index (χ4n) is 2.77. The van der Waals surface area contributed by atoms with E-state index in [0.717, 1.165) is 18.7 Å². The summed E-state index contributed by atoms with van der Waals surface area (Å²) in [5.74, 6) is 0.369. The molecule has 1 heterocycles. The minimum atomic E-state index is -0.352. The van der Waals surface area contributed by atoms with Crippen LogP contribution >= 0.6 is 0 Å². The van der Waals surface area contributed by atoms with Crippen molar-refractivity contribution in [3.63, 3.8) is 0 Å². The van der Waals surface area contributed by atoms with E-state index in [4.69, 9.17) is 0 Å². The normalized spacial score (nSPS) is 18.7. The Hall–Kier alpha value is -1.88. The van der Waals surface area contributed by atoms with Crippen molar-refractivity contribution >= 4 is 11.9 Å². The zero-order valence-electron chi connectivity index (χ0n) is 13.3. The van der Waals surface area contributed by atoms with Crippen molar-refractivity contribution in [2.75, 3.05) is 26.7 Å². The molecule has 0 radical (unpaired) electrons. The van der Waals surface area contributed by atoms with Crippen LogP contribution in [-0.2, 0) is 16.1 Å². The number of hydrogen-bond donors (Lipinski definition) is 1. The number of methoxy groups -OCH3 is 1. The minimum Gasteiger partial charge on any atom is -0.465 e. The lowest BCUT2D eigenvalue weighted by atomic mass is 10.0. The van der Waals surface area contributed by atoms with E-state index in [0.29, 0.717) is 24.6 Å². The molecule has 1 aromatic rings. The van der Waals surface area contributed by atoms with Crippen LogP contribution in [0.5, 0.6) is 0 Å². The van der Waals surface area contributed by atoms with Crippen LogP contribution in [0.1, 0.15) is 35.7 Å². The number of nitrogens with one attached hydrogen (secondary N) is 1. The van der Waals surface area contributed by atoms with Gasteiger partial charge in [0, 0.05) is 13.1 Å². The summed E-state index contributed by atoms with van der Waals surface area (Å²) in [5.41, 5.74) is 1.48. The van der Waals surface area contributed by atoms with Gasteiger partial charge in [0.25, 0.3) is 0 Å². The van der Waals surface area contributed by atoms with Crippen LogP contribution in [0, 0.1) is 5.92 Å². The summed E-state index contributed by atoms with van der Waals surface area (Å²) in [6.45, 7) is 5.17. The first-order valence-electron chi connectivity index (χ1n) is 7.75. The molecule has 22 heavy (non-hydrogen) atoms. The highest BCUT2D eigenvalue weighted by atomic mass is 16.5. The predicted octanol–water partition coefficient (Wildman–Crippen LogP) is 1.82. The van der Waals surface area contributed by atoms with Gasteiger partial charge >= 0.3 is 5.97 Å². The zero-order chi connectivity index (χ0) is 15.9. The highest BCUT2D eigenvalue weighted by Crippen LogP contribution is 2.14. The van der Waals surface area contributed by atoms with Gasteiger partial charge in [0.15, 0.2) is 0 Å². The van der Waals surface area contributed by atoms with Gasteiger partial charge < -0.3 is 10.1 Å². The maximum absolute atomic E-state index is 12.0. The Balaban J connectivity index is 1.77. The average Bonchev–Trinajstić information content (AvgIpc) is 2.52. The first-order chi connectivity index (χ1) is 10.6. The third kappa shape index (κ3) is 4.84. The molecule has 120 valence electrons. The summed E-state index contributed by atoms with van der Waals surface area (Å²) in [6.07, 6.45) is 2.42. The standard InChI is InChI=1S/C17H24N2O3/c1-13-4-3-9-19(11-13)12-16(20)18-10-14-5-7-15(8-6-14)17(21)22-2/h5-8,13H,3-4,9-12H2,1-2H3,(H,18,20)/t13-/m0/s1. The number of amides is 1. The number of piperidine rings is 1. The SMILES string of the molecule is COC(=O)c1ccc(CNC(=O)CN2CCC[C@H](C)C2)cc1. The van der Waals surface area contributed by atoms with Gasteiger partial charge in [0.1, 0.15) is 0 Å². The second kappa shape index (κ2) is 7.94. The molecule has 1 aliphatic heterocycles. The van der Waals surface area contributed by atoms with Gasteiger partial charge in [-0.3, -0.25) is 9.69 Å². The molecule has 1 fully saturated rings. The Labute approximate surface area is 131 Å². The number of likely N-dealkylation sites (tertiary alicyclic amines) is 1. The lowest BCUT2D eigenvalue weighted by molar-refractivity contribution is -0.122. The van der Waals surface area contributed by atoms with E-state index in [1.807, 2.05) is 12.1 Å². The van der Waals surface area contributed by atoms with Gasteiger partial charge in [-0.1, -0.05) is 19.1 Å². The lowest BCUT2D eigenvalue weighted by Crippen LogP contribution is -2.41. The van der Waals surface area contributed by atoms with Crippen LogP contribution in [-0.4, -0.2) is 43.5 Å². The number of carbonyl (C=O) groups excluding carboxylic acids is 2. The highest BCUT2D eigenvalue weighted by Gasteiger charge is 2.18. The molecule has 0 aromatic heterocycles. The van der Waals surface area contributed by atoms with Crippen LogP contribution < -0.4 is 5.32 Å². The molecular weight excluding hydrogens is 280 g/mol. The van der Waals surface area contributed by atoms with Crippen LogP contribution in [0.3, 0.4) is 0 Å². The van der Waals surface area contributed by atoms with Gasteiger partial charge in [-0.25, -0.2) is 4.79 Å². The lowest BCUT2D eigenvalue weighted by Gasteiger charge is -2.30. The monoisotopic (exact) mass is 304 g/mol. The average molecular weight is 304 g/mol. The van der Waals surface area contributed by atoms with Gasteiger partial charge in [-0.2, -0.15) is 0 Å². The van der Waals surface area contributed by atoms with Crippen molar-refractivity contribution in [3.8, 4) is 0 Å². The molecule has 1 saturated heterocycles. The fraction of sp³-hybridized carbons (Fsp3) is 0.529. The summed E-state index contributed by atoms with van der Waals surface area (Å²) < 4.78 is 4.65. The van der Waals surface area contributed by atoms with E-state index in [1.54, 1.807) is 12.1 Å². The molecule has 0 bridgehead atoms. The Kier molecular flexibility index (Phi) is 5.95. The summed E-state index contributed by atoms with van der Waals surface area (Å²) >= 11 is 0. The van der Waals surface area contributed by atoms with Crippen LogP contribution in [0.15, 0.2) is 24.3 Å². The molecule has 1 amide bonds. The molecule has 1 aliphatic rings. The molecule has 0 saturated carbocycles. The molecule has 2 rings (SSSR count). The van der Waals surface area contributed by atoms with Gasteiger partial charge in [-0.15, -0.1) is 0 Å². The van der Waals surface area contributed by atoms with Crippen molar-refractivity contribution in [2.45, 2.75) is 26.3 Å². The third-order valence-electron chi connectivity index (χ3n) is 3.97. The number of esters is 1. The Bertz CT molecular complexity index is 513. The number of ether oxygens (including phenoxy) is 1. The maximum Gasteiger partial charge on any atom is 0.337 e. The zero-order valence-corrected chi connectivity index (χ0v) is 13.3. The number of benzene rings is 1. The first-order valence-corrected chi connectivity index (χ1v) is 7.75. The first kappa shape index (κ1) is 16.5. The van der Waals surface area contributed by atoms with Crippen molar-refractivity contribution in [3.05, 3.63) is 35.4 Å². The molecule has 1 atom stereocenters. The Morgan fingerprint density at radius 3 is 2.68 bits per heavy atom. The number of hydrogen-bond acceptors (Lipinski definition) is 4. The van der Waals surface area contributed by atoms with Crippen LogP contribution in [0.4, 0.5) is 0 Å². The number of nitrogens with zero attached hydrogens (tertiary/aromatic N) is 1. The maximum atomic E-state index is 12.0. The van der Waals surface area contributed by atoms with Crippen LogP contribution in [0.2, 0.25) is 0 Å². The second-order valence-corrected chi connectivity index (χ2v) is 5.95. The predicted molar refractivity (Wildman–Crippen MR) is 84.5 cm³/mol. The van der Waals surface area contributed by atoms with E-state index in [2.05, 4.69) is 21.9 Å². The minimum absolute atomic E-state index is 0.0474. The highest BCUT2D eigenvalue weighted by molar-refractivity contribution is 5.89. The van der Waals surface area contributed by atoms with Crippen molar-refractivity contribution < 1.29 is 14.3 Å². The summed E-state index contributed by atoms with van der Waals surface area (Å²) in [5, 5.41) is 2.93. The van der Waals surface area contributed by atoms with Gasteiger partial charge in [0.05, 0.1) is 19.2 Å². The van der Waals surface area contributed by atoms with E-state index in [-0.39, 0.29) is 11.9 Å². The molecule has 5 heteroatoms. The molecule has 0 spiro atoms. The second-order valence-electron chi connectivity index (χ2n) is 5.95. The topological polar surface area (TPSA) is 58.6 Å². The quantitative estimate of drug-likeness (QED) is 0.843. The third-order valence-corrected chi connectivity index (χ3v) is 3.97. The number of carbonyl (C=O) groups is 2. The van der Waals surface area contributed by atoms with E-state index in [9.17, 15) is 9.59 Å².